The van der Waals surface area contributed by atoms with Crippen LogP contribution in [0.15, 0.2) is 54.6 Å². The molecular formula is C22H26N2O3. The topological polar surface area (TPSA) is 69.6 Å². The molecule has 27 heavy (non-hydrogen) atoms. The highest BCUT2D eigenvalue weighted by atomic mass is 16.3. The number of hydrogen-bond acceptors (Lipinski definition) is 4. The standard InChI is InChI=1S/C22H26N2O3/c1-17(25)23-20-9-7-18(8-10-20)16-24-13-11-22(27,12-14-24)15-21(26)19-5-3-2-4-6-19/h2-10,27H,11-16H2,1H3,(H,23,25). The molecule has 2 aromatic carbocycles. The molecule has 1 fully saturated rings. The zero-order valence-electron chi connectivity index (χ0n) is 15.6. The predicted octanol–water partition coefficient (Wildman–Crippen LogP) is 3.24. The Morgan fingerprint density at radius 1 is 1.04 bits per heavy atom. The highest BCUT2D eigenvalue weighted by Gasteiger charge is 2.34. The number of rotatable bonds is 6. The molecular weight excluding hydrogens is 340 g/mol. The average molecular weight is 366 g/mol. The number of aliphatic hydroxyl groups is 1. The van der Waals surface area contributed by atoms with Gasteiger partial charge in [-0.25, -0.2) is 0 Å². The van der Waals surface area contributed by atoms with E-state index in [2.05, 4.69) is 10.2 Å². The first kappa shape index (κ1) is 19.3. The van der Waals surface area contributed by atoms with Crippen molar-refractivity contribution in [2.24, 2.45) is 0 Å². The average Bonchev–Trinajstić information content (AvgIpc) is 2.65. The molecule has 1 amide bonds. The van der Waals surface area contributed by atoms with Gasteiger partial charge in [0, 0.05) is 44.2 Å². The van der Waals surface area contributed by atoms with E-state index in [0.29, 0.717) is 18.4 Å². The number of benzene rings is 2. The number of carbonyl (C=O) groups excluding carboxylic acids is 2. The maximum atomic E-state index is 12.4. The van der Waals surface area contributed by atoms with Gasteiger partial charge in [0.15, 0.2) is 5.78 Å². The van der Waals surface area contributed by atoms with E-state index in [0.717, 1.165) is 30.9 Å². The molecule has 3 rings (SSSR count). The van der Waals surface area contributed by atoms with E-state index in [4.69, 9.17) is 0 Å². The van der Waals surface area contributed by atoms with Crippen LogP contribution in [0.3, 0.4) is 0 Å². The maximum Gasteiger partial charge on any atom is 0.221 e. The second kappa shape index (κ2) is 8.46. The molecule has 0 aromatic heterocycles. The van der Waals surface area contributed by atoms with Gasteiger partial charge in [0.25, 0.3) is 0 Å². The Bertz CT molecular complexity index is 779. The summed E-state index contributed by atoms with van der Waals surface area (Å²) >= 11 is 0. The van der Waals surface area contributed by atoms with Crippen molar-refractivity contribution in [3.63, 3.8) is 0 Å². The Balaban J connectivity index is 1.50. The van der Waals surface area contributed by atoms with E-state index in [1.54, 1.807) is 12.1 Å². The van der Waals surface area contributed by atoms with Crippen LogP contribution in [0.25, 0.3) is 0 Å². The monoisotopic (exact) mass is 366 g/mol. The van der Waals surface area contributed by atoms with Gasteiger partial charge in [-0.15, -0.1) is 0 Å². The summed E-state index contributed by atoms with van der Waals surface area (Å²) in [6.07, 6.45) is 1.36. The Labute approximate surface area is 160 Å². The highest BCUT2D eigenvalue weighted by Crippen LogP contribution is 2.28. The summed E-state index contributed by atoms with van der Waals surface area (Å²) in [7, 11) is 0. The van der Waals surface area contributed by atoms with Crippen LogP contribution >= 0.6 is 0 Å². The number of likely N-dealkylation sites (tertiary alicyclic amines) is 1. The lowest BCUT2D eigenvalue weighted by Crippen LogP contribution is -2.45. The summed E-state index contributed by atoms with van der Waals surface area (Å²) in [6, 6.07) is 17.0. The first-order valence-corrected chi connectivity index (χ1v) is 9.33. The van der Waals surface area contributed by atoms with Gasteiger partial charge in [-0.1, -0.05) is 42.5 Å². The molecule has 0 aliphatic carbocycles. The quantitative estimate of drug-likeness (QED) is 0.770. The van der Waals surface area contributed by atoms with Crippen molar-refractivity contribution in [1.29, 1.82) is 0 Å². The Morgan fingerprint density at radius 2 is 1.67 bits per heavy atom. The van der Waals surface area contributed by atoms with Gasteiger partial charge in [0.05, 0.1) is 5.60 Å². The van der Waals surface area contributed by atoms with Crippen LogP contribution < -0.4 is 5.32 Å². The molecule has 1 aliphatic rings. The number of nitrogens with zero attached hydrogens (tertiary/aromatic N) is 1. The van der Waals surface area contributed by atoms with Crippen LogP contribution in [0.5, 0.6) is 0 Å². The summed E-state index contributed by atoms with van der Waals surface area (Å²) in [6.45, 7) is 3.80. The van der Waals surface area contributed by atoms with Crippen molar-refractivity contribution in [3.8, 4) is 0 Å². The molecule has 0 spiro atoms. The number of piperidine rings is 1. The Kier molecular flexibility index (Phi) is 6.04. The van der Waals surface area contributed by atoms with E-state index < -0.39 is 5.60 Å². The summed E-state index contributed by atoms with van der Waals surface area (Å²) in [5.41, 5.74) is 1.69. The minimum absolute atomic E-state index is 0.000102. The molecule has 5 heteroatoms. The fraction of sp³-hybridized carbons (Fsp3) is 0.364. The molecule has 2 N–H and O–H groups in total. The number of Topliss-reactive ketones (excluding diaryl/α,β-unsaturated/α-hetero) is 1. The van der Waals surface area contributed by atoms with E-state index in [9.17, 15) is 14.7 Å². The highest BCUT2D eigenvalue weighted by molar-refractivity contribution is 5.96. The van der Waals surface area contributed by atoms with Crippen molar-refractivity contribution < 1.29 is 14.7 Å². The molecule has 1 aliphatic heterocycles. The van der Waals surface area contributed by atoms with Crippen molar-refractivity contribution in [1.82, 2.24) is 4.90 Å². The molecule has 1 saturated heterocycles. The van der Waals surface area contributed by atoms with Gasteiger partial charge in [0.1, 0.15) is 0 Å². The summed E-state index contributed by atoms with van der Waals surface area (Å²) < 4.78 is 0. The first-order valence-electron chi connectivity index (χ1n) is 9.33. The third-order valence-corrected chi connectivity index (χ3v) is 5.05. The van der Waals surface area contributed by atoms with E-state index >= 15 is 0 Å². The Hall–Kier alpha value is -2.50. The molecule has 0 bridgehead atoms. The smallest absolute Gasteiger partial charge is 0.221 e. The molecule has 5 nitrogen and oxygen atoms in total. The molecule has 1 heterocycles. The minimum Gasteiger partial charge on any atom is -0.389 e. The molecule has 142 valence electrons. The van der Waals surface area contributed by atoms with Crippen LogP contribution in [-0.4, -0.2) is 40.4 Å². The van der Waals surface area contributed by atoms with Crippen LogP contribution in [0.4, 0.5) is 5.69 Å². The van der Waals surface area contributed by atoms with E-state index in [1.807, 2.05) is 42.5 Å². The molecule has 0 saturated carbocycles. The molecule has 0 radical (unpaired) electrons. The van der Waals surface area contributed by atoms with Crippen molar-refractivity contribution in [2.75, 3.05) is 18.4 Å². The van der Waals surface area contributed by atoms with E-state index in [-0.39, 0.29) is 18.1 Å². The van der Waals surface area contributed by atoms with Crippen molar-refractivity contribution in [2.45, 2.75) is 38.3 Å². The number of nitrogens with one attached hydrogen (secondary N) is 1. The normalized spacial score (nSPS) is 16.7. The summed E-state index contributed by atoms with van der Waals surface area (Å²) in [5.74, 6) is -0.0803. The maximum absolute atomic E-state index is 12.4. The summed E-state index contributed by atoms with van der Waals surface area (Å²) in [5, 5.41) is 13.6. The van der Waals surface area contributed by atoms with Crippen molar-refractivity contribution in [3.05, 3.63) is 65.7 Å². The van der Waals surface area contributed by atoms with Crippen LogP contribution in [-0.2, 0) is 11.3 Å². The summed E-state index contributed by atoms with van der Waals surface area (Å²) in [4.78, 5) is 25.8. The number of anilines is 1. The fourth-order valence-electron chi connectivity index (χ4n) is 3.48. The van der Waals surface area contributed by atoms with Crippen LogP contribution in [0, 0.1) is 0 Å². The number of amides is 1. The van der Waals surface area contributed by atoms with Gasteiger partial charge < -0.3 is 10.4 Å². The fourth-order valence-corrected chi connectivity index (χ4v) is 3.48. The van der Waals surface area contributed by atoms with Crippen LogP contribution in [0.2, 0.25) is 0 Å². The second-order valence-corrected chi connectivity index (χ2v) is 7.34. The predicted molar refractivity (Wildman–Crippen MR) is 106 cm³/mol. The van der Waals surface area contributed by atoms with Gasteiger partial charge >= 0.3 is 0 Å². The Morgan fingerprint density at radius 3 is 2.26 bits per heavy atom. The van der Waals surface area contributed by atoms with Gasteiger partial charge in [-0.05, 0) is 30.5 Å². The number of ketones is 1. The SMILES string of the molecule is CC(=O)Nc1ccc(CN2CCC(O)(CC(=O)c3ccccc3)CC2)cc1. The second-order valence-electron chi connectivity index (χ2n) is 7.34. The number of carbonyl (C=O) groups is 2. The molecule has 0 atom stereocenters. The molecule has 2 aromatic rings. The van der Waals surface area contributed by atoms with Crippen molar-refractivity contribution >= 4 is 17.4 Å². The zero-order valence-corrected chi connectivity index (χ0v) is 15.6. The third kappa shape index (κ3) is 5.49. The first-order chi connectivity index (χ1) is 12.9. The third-order valence-electron chi connectivity index (χ3n) is 5.05. The lowest BCUT2D eigenvalue weighted by molar-refractivity contribution is -0.114. The lowest BCUT2D eigenvalue weighted by atomic mass is 9.85. The van der Waals surface area contributed by atoms with Gasteiger partial charge in [-0.2, -0.15) is 0 Å². The molecule has 0 unspecified atom stereocenters. The van der Waals surface area contributed by atoms with E-state index in [1.165, 1.54) is 6.92 Å². The number of hydrogen-bond donors (Lipinski definition) is 2. The largest absolute Gasteiger partial charge is 0.389 e. The lowest BCUT2D eigenvalue weighted by Gasteiger charge is -2.38. The zero-order chi connectivity index (χ0) is 19.3. The van der Waals surface area contributed by atoms with Gasteiger partial charge in [-0.3, -0.25) is 14.5 Å². The van der Waals surface area contributed by atoms with Crippen LogP contribution in [0.1, 0.15) is 42.1 Å². The van der Waals surface area contributed by atoms with Gasteiger partial charge in [0.2, 0.25) is 5.91 Å². The minimum atomic E-state index is -0.918.